The zero-order valence-electron chi connectivity index (χ0n) is 16.2. The van der Waals surface area contributed by atoms with Crippen molar-refractivity contribution in [3.8, 4) is 0 Å². The van der Waals surface area contributed by atoms with Crippen molar-refractivity contribution in [3.05, 3.63) is 48.6 Å². The third-order valence-electron chi connectivity index (χ3n) is 4.48. The van der Waals surface area contributed by atoms with E-state index in [0.717, 1.165) is 45.2 Å². The summed E-state index contributed by atoms with van der Waals surface area (Å²) >= 11 is 0. The Kier molecular flexibility index (Phi) is 13.7. The lowest BCUT2D eigenvalue weighted by molar-refractivity contribution is -0.126. The number of hydrogen-bond acceptors (Lipinski definition) is 1. The molecule has 1 heterocycles. The Bertz CT molecular complexity index is 439. The minimum Gasteiger partial charge on any atom is -0.339 e. The molecule has 0 aromatic rings. The monoisotopic (exact) mass is 343 g/mol. The van der Waals surface area contributed by atoms with Crippen molar-refractivity contribution in [2.45, 2.75) is 77.6 Å². The summed E-state index contributed by atoms with van der Waals surface area (Å²) in [5.74, 6) is 0.162. The van der Waals surface area contributed by atoms with Crippen LogP contribution in [0.15, 0.2) is 48.6 Å². The van der Waals surface area contributed by atoms with Gasteiger partial charge in [0, 0.05) is 19.2 Å². The molecule has 0 spiro atoms. The van der Waals surface area contributed by atoms with E-state index in [0.29, 0.717) is 0 Å². The van der Waals surface area contributed by atoms with Crippen LogP contribution >= 0.6 is 0 Å². The van der Waals surface area contributed by atoms with Crippen molar-refractivity contribution in [2.75, 3.05) is 13.1 Å². The van der Waals surface area contributed by atoms with E-state index in [1.165, 1.54) is 38.5 Å². The number of carbonyl (C=O) groups is 1. The van der Waals surface area contributed by atoms with Gasteiger partial charge in [-0.2, -0.15) is 0 Å². The van der Waals surface area contributed by atoms with E-state index in [1.54, 1.807) is 6.08 Å². The molecule has 0 aliphatic carbocycles. The second kappa shape index (κ2) is 15.9. The van der Waals surface area contributed by atoms with Gasteiger partial charge in [-0.3, -0.25) is 4.79 Å². The lowest BCUT2D eigenvalue weighted by Gasteiger charge is -2.25. The Labute approximate surface area is 155 Å². The standard InChI is InChI=1S/C23H37NO/c1-2-3-4-5-6-7-8-9-10-11-12-13-14-15-17-20-23(25)24-21-18-16-19-22-24/h6-7,9-10,14-15,17,20H,2-5,8,11-13,16,18-19,21-22H2,1H3. The summed E-state index contributed by atoms with van der Waals surface area (Å²) in [5.41, 5.74) is 0. The summed E-state index contributed by atoms with van der Waals surface area (Å²) in [5, 5.41) is 0. The fourth-order valence-electron chi connectivity index (χ4n) is 2.90. The van der Waals surface area contributed by atoms with Crippen LogP contribution in [0.4, 0.5) is 0 Å². The van der Waals surface area contributed by atoms with E-state index < -0.39 is 0 Å². The lowest BCUT2D eigenvalue weighted by Crippen LogP contribution is -2.34. The van der Waals surface area contributed by atoms with Crippen LogP contribution in [-0.4, -0.2) is 23.9 Å². The van der Waals surface area contributed by atoms with Crippen LogP contribution in [0.5, 0.6) is 0 Å². The number of nitrogens with zero attached hydrogens (tertiary/aromatic N) is 1. The fraction of sp³-hybridized carbons (Fsp3) is 0.609. The Balaban J connectivity index is 1.97. The second-order valence-corrected chi connectivity index (χ2v) is 6.78. The van der Waals surface area contributed by atoms with Gasteiger partial charge in [-0.25, -0.2) is 0 Å². The number of piperidine rings is 1. The van der Waals surface area contributed by atoms with Gasteiger partial charge in [0.05, 0.1) is 0 Å². The predicted octanol–water partition coefficient (Wildman–Crippen LogP) is 6.36. The average Bonchev–Trinajstić information content (AvgIpc) is 2.65. The second-order valence-electron chi connectivity index (χ2n) is 6.78. The number of amides is 1. The van der Waals surface area contributed by atoms with Crippen LogP contribution in [0.2, 0.25) is 0 Å². The molecule has 1 aliphatic rings. The number of hydrogen-bond donors (Lipinski definition) is 0. The Morgan fingerprint density at radius 2 is 1.48 bits per heavy atom. The zero-order valence-corrected chi connectivity index (χ0v) is 16.2. The van der Waals surface area contributed by atoms with E-state index in [9.17, 15) is 4.79 Å². The van der Waals surface area contributed by atoms with Crippen LogP contribution in [0, 0.1) is 0 Å². The highest BCUT2D eigenvalue weighted by molar-refractivity contribution is 5.87. The number of likely N-dealkylation sites (tertiary alicyclic amines) is 1. The third-order valence-corrected chi connectivity index (χ3v) is 4.48. The van der Waals surface area contributed by atoms with Crippen LogP contribution in [-0.2, 0) is 4.79 Å². The van der Waals surface area contributed by atoms with Gasteiger partial charge in [0.15, 0.2) is 0 Å². The number of rotatable bonds is 12. The van der Waals surface area contributed by atoms with Gasteiger partial charge in [-0.15, -0.1) is 0 Å². The van der Waals surface area contributed by atoms with Gasteiger partial charge in [-0.1, -0.05) is 62.3 Å². The van der Waals surface area contributed by atoms with Crippen LogP contribution in [0.25, 0.3) is 0 Å². The normalized spacial score (nSPS) is 16.1. The van der Waals surface area contributed by atoms with Crippen molar-refractivity contribution < 1.29 is 4.79 Å². The first-order valence-corrected chi connectivity index (χ1v) is 10.3. The highest BCUT2D eigenvalue weighted by Gasteiger charge is 2.12. The van der Waals surface area contributed by atoms with E-state index >= 15 is 0 Å². The molecule has 0 unspecified atom stereocenters. The van der Waals surface area contributed by atoms with Crippen molar-refractivity contribution in [1.82, 2.24) is 4.90 Å². The largest absolute Gasteiger partial charge is 0.339 e. The molecule has 0 aromatic carbocycles. The van der Waals surface area contributed by atoms with Gasteiger partial charge in [0.1, 0.15) is 0 Å². The smallest absolute Gasteiger partial charge is 0.246 e. The summed E-state index contributed by atoms with van der Waals surface area (Å²) in [6, 6.07) is 0. The molecule has 0 radical (unpaired) electrons. The van der Waals surface area contributed by atoms with E-state index in [1.807, 2.05) is 17.1 Å². The third kappa shape index (κ3) is 12.4. The summed E-state index contributed by atoms with van der Waals surface area (Å²) in [6.45, 7) is 4.09. The quantitative estimate of drug-likeness (QED) is 0.175. The molecule has 1 aliphatic heterocycles. The molecule has 2 heteroatoms. The van der Waals surface area contributed by atoms with E-state index in [-0.39, 0.29) is 5.91 Å². The van der Waals surface area contributed by atoms with Gasteiger partial charge in [-0.05, 0) is 57.8 Å². The SMILES string of the molecule is CCCCCC=CCC=CCCCC=CC=CC(=O)N1CCCCC1. The number of carbonyl (C=O) groups excluding carboxylic acids is 1. The minimum atomic E-state index is 0.162. The molecule has 1 saturated heterocycles. The molecule has 0 atom stereocenters. The molecule has 0 saturated carbocycles. The van der Waals surface area contributed by atoms with Crippen LogP contribution in [0.1, 0.15) is 77.6 Å². The molecule has 1 fully saturated rings. The van der Waals surface area contributed by atoms with Gasteiger partial charge >= 0.3 is 0 Å². The van der Waals surface area contributed by atoms with Crippen molar-refractivity contribution >= 4 is 5.91 Å². The summed E-state index contributed by atoms with van der Waals surface area (Å²) in [6.07, 6.45) is 30.0. The lowest BCUT2D eigenvalue weighted by atomic mass is 10.1. The summed E-state index contributed by atoms with van der Waals surface area (Å²) in [4.78, 5) is 13.9. The Hall–Kier alpha value is -1.57. The first-order valence-electron chi connectivity index (χ1n) is 10.3. The van der Waals surface area contributed by atoms with Crippen LogP contribution < -0.4 is 0 Å². The number of unbranched alkanes of at least 4 members (excludes halogenated alkanes) is 5. The predicted molar refractivity (Wildman–Crippen MR) is 110 cm³/mol. The van der Waals surface area contributed by atoms with E-state index in [4.69, 9.17) is 0 Å². The molecule has 0 N–H and O–H groups in total. The summed E-state index contributed by atoms with van der Waals surface area (Å²) < 4.78 is 0. The first kappa shape index (κ1) is 21.5. The highest BCUT2D eigenvalue weighted by atomic mass is 16.2. The van der Waals surface area contributed by atoms with E-state index in [2.05, 4.69) is 37.3 Å². The molecular weight excluding hydrogens is 306 g/mol. The maximum absolute atomic E-state index is 11.9. The van der Waals surface area contributed by atoms with Crippen molar-refractivity contribution in [2.24, 2.45) is 0 Å². The zero-order chi connectivity index (χ0) is 18.0. The van der Waals surface area contributed by atoms with Crippen molar-refractivity contribution in [1.29, 1.82) is 0 Å². The molecular formula is C23H37NO. The van der Waals surface area contributed by atoms with Crippen molar-refractivity contribution in [3.63, 3.8) is 0 Å². The van der Waals surface area contributed by atoms with Gasteiger partial charge < -0.3 is 4.90 Å². The molecule has 140 valence electrons. The molecule has 1 rings (SSSR count). The Morgan fingerprint density at radius 3 is 2.20 bits per heavy atom. The topological polar surface area (TPSA) is 20.3 Å². The van der Waals surface area contributed by atoms with Crippen LogP contribution in [0.3, 0.4) is 0 Å². The maximum atomic E-state index is 11.9. The van der Waals surface area contributed by atoms with Gasteiger partial charge in [0.25, 0.3) is 0 Å². The molecule has 25 heavy (non-hydrogen) atoms. The Morgan fingerprint density at radius 1 is 0.800 bits per heavy atom. The molecule has 0 aromatic heterocycles. The number of allylic oxidation sites excluding steroid dienone is 7. The highest BCUT2D eigenvalue weighted by Crippen LogP contribution is 2.09. The molecule has 0 bridgehead atoms. The molecule has 1 amide bonds. The minimum absolute atomic E-state index is 0.162. The average molecular weight is 344 g/mol. The summed E-state index contributed by atoms with van der Waals surface area (Å²) in [7, 11) is 0. The van der Waals surface area contributed by atoms with Gasteiger partial charge in [0.2, 0.25) is 5.91 Å². The first-order chi connectivity index (χ1) is 12.3. The maximum Gasteiger partial charge on any atom is 0.246 e. The molecule has 2 nitrogen and oxygen atoms in total. The fourth-order valence-corrected chi connectivity index (χ4v) is 2.90.